The van der Waals surface area contributed by atoms with Crippen LogP contribution in [0.25, 0.3) is 0 Å². The summed E-state index contributed by atoms with van der Waals surface area (Å²) in [5, 5.41) is 16.5. The van der Waals surface area contributed by atoms with Gasteiger partial charge in [-0.2, -0.15) is 0 Å². The monoisotopic (exact) mass is 218 g/mol. The smallest absolute Gasteiger partial charge is 0.233 e. The van der Waals surface area contributed by atoms with E-state index in [0.29, 0.717) is 5.13 Å². The van der Waals surface area contributed by atoms with Crippen LogP contribution in [0.2, 0.25) is 0 Å². The summed E-state index contributed by atoms with van der Waals surface area (Å²) in [5.74, 6) is 1.04. The lowest BCUT2D eigenvalue weighted by atomic mass is 10.6. The van der Waals surface area contributed by atoms with Crippen molar-refractivity contribution in [2.75, 3.05) is 5.75 Å². The summed E-state index contributed by atoms with van der Waals surface area (Å²) in [6.07, 6.45) is 2.27. The third-order valence-electron chi connectivity index (χ3n) is 1.06. The molecule has 0 spiro atoms. The molecule has 1 rings (SSSR count). The van der Waals surface area contributed by atoms with Gasteiger partial charge in [-0.3, -0.25) is 10.7 Å². The number of nitrogens with one attached hydrogen (secondary N) is 1. The van der Waals surface area contributed by atoms with Crippen LogP contribution in [0, 0.1) is 0 Å². The Morgan fingerprint density at radius 3 is 3.23 bits per heavy atom. The maximum atomic E-state index is 8.23. The van der Waals surface area contributed by atoms with Gasteiger partial charge in [0.05, 0.1) is 0 Å². The number of thioether (sulfide) groups is 1. The Morgan fingerprint density at radius 2 is 2.54 bits per heavy atom. The summed E-state index contributed by atoms with van der Waals surface area (Å²) in [7, 11) is 0. The van der Waals surface area contributed by atoms with Crippen molar-refractivity contribution in [1.29, 1.82) is 0 Å². The van der Waals surface area contributed by atoms with E-state index in [1.807, 2.05) is 5.48 Å². The van der Waals surface area contributed by atoms with Crippen molar-refractivity contribution in [2.24, 2.45) is 4.99 Å². The second-order valence-electron chi connectivity index (χ2n) is 2.09. The highest BCUT2D eigenvalue weighted by atomic mass is 32.2. The number of nitrogens with zero attached hydrogens (tertiary/aromatic N) is 3. The molecule has 0 aliphatic rings. The quantitative estimate of drug-likeness (QED) is 0.340. The molecule has 0 saturated carbocycles. The molecular weight excluding hydrogens is 208 g/mol. The lowest BCUT2D eigenvalue weighted by Crippen LogP contribution is -2.00. The summed E-state index contributed by atoms with van der Waals surface area (Å²) >= 11 is 3.07. The molecule has 0 atom stereocenters. The molecule has 0 aromatic carbocycles. The van der Waals surface area contributed by atoms with Gasteiger partial charge in [0, 0.05) is 5.75 Å². The third kappa shape index (κ3) is 3.71. The van der Waals surface area contributed by atoms with Gasteiger partial charge >= 0.3 is 0 Å². The van der Waals surface area contributed by atoms with Crippen LogP contribution in [0.1, 0.15) is 13.3 Å². The third-order valence-corrected chi connectivity index (χ3v) is 3.23. The number of rotatable bonds is 5. The van der Waals surface area contributed by atoms with Crippen molar-refractivity contribution in [3.8, 4) is 0 Å². The zero-order valence-corrected chi connectivity index (χ0v) is 8.73. The van der Waals surface area contributed by atoms with E-state index >= 15 is 0 Å². The van der Waals surface area contributed by atoms with E-state index in [2.05, 4.69) is 22.1 Å². The van der Waals surface area contributed by atoms with Gasteiger partial charge in [0.15, 0.2) is 4.34 Å². The summed E-state index contributed by atoms with van der Waals surface area (Å²) in [5.41, 5.74) is 1.81. The molecule has 0 amide bonds. The molecule has 13 heavy (non-hydrogen) atoms. The van der Waals surface area contributed by atoms with Gasteiger partial charge in [-0.1, -0.05) is 30.0 Å². The van der Waals surface area contributed by atoms with Gasteiger partial charge in [0.1, 0.15) is 6.34 Å². The molecule has 72 valence electrons. The van der Waals surface area contributed by atoms with Crippen molar-refractivity contribution in [1.82, 2.24) is 15.7 Å². The first-order valence-electron chi connectivity index (χ1n) is 3.75. The van der Waals surface area contributed by atoms with E-state index in [1.165, 1.54) is 11.3 Å². The fraction of sp³-hybridized carbons (Fsp3) is 0.500. The number of aliphatic imine (C=N–C) groups is 1. The fourth-order valence-electron chi connectivity index (χ4n) is 0.586. The van der Waals surface area contributed by atoms with E-state index in [-0.39, 0.29) is 0 Å². The molecule has 5 nitrogen and oxygen atoms in total. The van der Waals surface area contributed by atoms with Gasteiger partial charge < -0.3 is 0 Å². The molecule has 0 aliphatic carbocycles. The Hall–Kier alpha value is -0.660. The Balaban J connectivity index is 2.48. The molecule has 1 aromatic heterocycles. The van der Waals surface area contributed by atoms with Crippen LogP contribution >= 0.6 is 23.1 Å². The van der Waals surface area contributed by atoms with Crippen LogP contribution in [0.15, 0.2) is 9.33 Å². The van der Waals surface area contributed by atoms with E-state index in [0.717, 1.165) is 22.9 Å². The van der Waals surface area contributed by atoms with E-state index in [4.69, 9.17) is 5.21 Å². The average Bonchev–Trinajstić information content (AvgIpc) is 2.59. The summed E-state index contributed by atoms with van der Waals surface area (Å²) in [6, 6.07) is 0. The summed E-state index contributed by atoms with van der Waals surface area (Å²) in [6.45, 7) is 2.11. The summed E-state index contributed by atoms with van der Waals surface area (Å²) < 4.78 is 0.909. The molecule has 0 bridgehead atoms. The molecular formula is C6H10N4OS2. The maximum absolute atomic E-state index is 8.23. The number of hydrogen-bond donors (Lipinski definition) is 2. The molecule has 1 aromatic rings. The largest absolute Gasteiger partial charge is 0.290 e. The van der Waals surface area contributed by atoms with Gasteiger partial charge in [0.25, 0.3) is 0 Å². The zero-order chi connectivity index (χ0) is 9.52. The molecule has 0 fully saturated rings. The first kappa shape index (κ1) is 10.4. The molecule has 1 heterocycles. The van der Waals surface area contributed by atoms with Gasteiger partial charge in [-0.15, -0.1) is 10.2 Å². The molecule has 2 N–H and O–H groups in total. The van der Waals surface area contributed by atoms with Crippen LogP contribution < -0.4 is 5.48 Å². The van der Waals surface area contributed by atoms with Crippen LogP contribution in [0.3, 0.4) is 0 Å². The molecule has 0 aliphatic heterocycles. The molecule has 0 unspecified atom stereocenters. The highest BCUT2D eigenvalue weighted by molar-refractivity contribution is 8.01. The van der Waals surface area contributed by atoms with Gasteiger partial charge in [-0.25, -0.2) is 4.99 Å². The van der Waals surface area contributed by atoms with E-state index in [1.54, 1.807) is 11.8 Å². The van der Waals surface area contributed by atoms with Crippen molar-refractivity contribution < 1.29 is 5.21 Å². The molecule has 0 radical (unpaired) electrons. The van der Waals surface area contributed by atoms with Crippen molar-refractivity contribution in [2.45, 2.75) is 17.7 Å². The van der Waals surface area contributed by atoms with Crippen molar-refractivity contribution in [3.05, 3.63) is 0 Å². The van der Waals surface area contributed by atoms with Crippen LogP contribution in [-0.2, 0) is 0 Å². The van der Waals surface area contributed by atoms with E-state index in [9.17, 15) is 0 Å². The first-order valence-corrected chi connectivity index (χ1v) is 5.55. The second-order valence-corrected chi connectivity index (χ2v) is 4.38. The minimum absolute atomic E-state index is 0.542. The minimum Gasteiger partial charge on any atom is -0.290 e. The lowest BCUT2D eigenvalue weighted by Gasteiger charge is -1.88. The number of hydrogen-bond acceptors (Lipinski definition) is 6. The number of aromatic nitrogens is 2. The van der Waals surface area contributed by atoms with E-state index < -0.39 is 0 Å². The second kappa shape index (κ2) is 5.90. The molecule has 7 heteroatoms. The Morgan fingerprint density at radius 1 is 1.69 bits per heavy atom. The zero-order valence-electron chi connectivity index (χ0n) is 7.10. The topological polar surface area (TPSA) is 70.4 Å². The van der Waals surface area contributed by atoms with Gasteiger partial charge in [-0.05, 0) is 6.42 Å². The predicted octanol–water partition coefficient (Wildman–Crippen LogP) is 1.68. The fourth-order valence-corrected chi connectivity index (χ4v) is 2.20. The minimum atomic E-state index is 0.542. The first-order chi connectivity index (χ1) is 6.36. The SMILES string of the molecule is CCCSc1nnc(N=CNO)s1. The highest BCUT2D eigenvalue weighted by Gasteiger charge is 2.01. The van der Waals surface area contributed by atoms with Crippen LogP contribution in [0.5, 0.6) is 0 Å². The van der Waals surface area contributed by atoms with Crippen LogP contribution in [-0.4, -0.2) is 27.5 Å². The summed E-state index contributed by atoms with van der Waals surface area (Å²) in [4.78, 5) is 3.80. The highest BCUT2D eigenvalue weighted by Crippen LogP contribution is 2.26. The predicted molar refractivity (Wildman–Crippen MR) is 54.0 cm³/mol. The average molecular weight is 218 g/mol. The Labute approximate surface area is 84.3 Å². The van der Waals surface area contributed by atoms with Gasteiger partial charge in [0.2, 0.25) is 5.13 Å². The Kier molecular flexibility index (Phi) is 4.73. The number of hydroxylamine groups is 1. The van der Waals surface area contributed by atoms with Crippen molar-refractivity contribution >= 4 is 34.6 Å². The van der Waals surface area contributed by atoms with Crippen molar-refractivity contribution in [3.63, 3.8) is 0 Å². The van der Waals surface area contributed by atoms with Crippen LogP contribution in [0.4, 0.5) is 5.13 Å². The standard InChI is InChI=1S/C6H10N4OS2/c1-2-3-12-6-10-9-5(13-6)7-4-8-11/h4,11H,2-3H2,1H3,(H,7,8,9). The Bertz CT molecular complexity index is 275. The molecule has 0 saturated heterocycles. The lowest BCUT2D eigenvalue weighted by molar-refractivity contribution is 0.240. The normalized spacial score (nSPS) is 10.9. The maximum Gasteiger partial charge on any atom is 0.233 e.